The number of anilines is 1. The zero-order valence-electron chi connectivity index (χ0n) is 17.5. The Labute approximate surface area is 182 Å². The lowest BCUT2D eigenvalue weighted by molar-refractivity contribution is -0.142. The highest BCUT2D eigenvalue weighted by atomic mass is 19.4. The fourth-order valence-corrected chi connectivity index (χ4v) is 4.15. The number of hydrogen-bond acceptors (Lipinski definition) is 7. The molecule has 0 aromatic carbocycles. The maximum atomic E-state index is 13.2. The normalized spacial score (nSPS) is 22.2. The van der Waals surface area contributed by atoms with E-state index in [0.717, 1.165) is 30.4 Å². The Morgan fingerprint density at radius 1 is 1.19 bits per heavy atom. The van der Waals surface area contributed by atoms with Crippen molar-refractivity contribution in [3.05, 3.63) is 36.4 Å². The Balaban J connectivity index is 1.32. The molecule has 2 aliphatic heterocycles. The third kappa shape index (κ3) is 3.96. The quantitative estimate of drug-likeness (QED) is 0.591. The molecule has 32 heavy (non-hydrogen) atoms. The number of nitrogens with zero attached hydrogens (tertiary/aromatic N) is 6. The molecular formula is C21H23F3N6O2. The van der Waals surface area contributed by atoms with Crippen molar-refractivity contribution >= 4 is 17.0 Å². The van der Waals surface area contributed by atoms with E-state index >= 15 is 0 Å². The minimum atomic E-state index is -4.55. The van der Waals surface area contributed by atoms with Crippen LogP contribution in [0.4, 0.5) is 19.0 Å². The first-order chi connectivity index (χ1) is 15.4. The summed E-state index contributed by atoms with van der Waals surface area (Å²) in [5, 5.41) is 4.40. The van der Waals surface area contributed by atoms with Crippen molar-refractivity contribution in [2.24, 2.45) is 5.92 Å². The van der Waals surface area contributed by atoms with E-state index in [1.165, 1.54) is 12.1 Å². The molecular weight excluding hydrogens is 425 g/mol. The highest BCUT2D eigenvalue weighted by Gasteiger charge is 2.36. The van der Waals surface area contributed by atoms with Crippen molar-refractivity contribution in [1.29, 1.82) is 0 Å². The highest BCUT2D eigenvalue weighted by Crippen LogP contribution is 2.35. The molecule has 0 N–H and O–H groups in total. The molecule has 0 spiro atoms. The number of rotatable bonds is 5. The third-order valence-electron chi connectivity index (χ3n) is 6.04. The van der Waals surface area contributed by atoms with Gasteiger partial charge in [-0.15, -0.1) is 0 Å². The number of pyridine rings is 1. The van der Waals surface area contributed by atoms with Gasteiger partial charge < -0.3 is 14.4 Å². The largest absolute Gasteiger partial charge is 0.491 e. The van der Waals surface area contributed by atoms with E-state index in [4.69, 9.17) is 14.5 Å². The van der Waals surface area contributed by atoms with E-state index in [2.05, 4.69) is 26.9 Å². The molecule has 0 amide bonds. The molecule has 5 heterocycles. The van der Waals surface area contributed by atoms with Crippen LogP contribution in [-0.2, 0) is 10.9 Å². The smallest absolute Gasteiger partial charge is 0.437 e. The first kappa shape index (κ1) is 20.9. The Bertz CT molecular complexity index is 1100. The molecule has 11 heteroatoms. The van der Waals surface area contributed by atoms with Crippen LogP contribution in [0.5, 0.6) is 5.75 Å². The molecule has 2 fully saturated rings. The molecule has 5 rings (SSSR count). The summed E-state index contributed by atoms with van der Waals surface area (Å²) in [5.41, 5.74) is 0.443. The predicted molar refractivity (Wildman–Crippen MR) is 109 cm³/mol. The van der Waals surface area contributed by atoms with Crippen LogP contribution in [0.15, 0.2) is 30.7 Å². The Morgan fingerprint density at radius 3 is 2.78 bits per heavy atom. The topological polar surface area (TPSA) is 78.2 Å². The third-order valence-corrected chi connectivity index (χ3v) is 6.04. The maximum Gasteiger partial charge on any atom is 0.437 e. The van der Waals surface area contributed by atoms with Gasteiger partial charge in [0, 0.05) is 24.7 Å². The average molecular weight is 448 g/mol. The van der Waals surface area contributed by atoms with Crippen LogP contribution < -0.4 is 9.64 Å². The standard InChI is InChI=1S/C21H23F3N6O2/c1-13-4-5-14(10-32-17-3-2-6-25-19(17)21(22,23)24)9-29(13)18-8-26-16-7-27-30(20(16)28-18)15-11-31-12-15/h2-3,6-8,13-15H,4-5,9-12H2,1H3. The molecule has 2 atom stereocenters. The summed E-state index contributed by atoms with van der Waals surface area (Å²) < 4.78 is 52.3. The van der Waals surface area contributed by atoms with Gasteiger partial charge in [-0.25, -0.2) is 19.6 Å². The summed E-state index contributed by atoms with van der Waals surface area (Å²) in [6.45, 7) is 4.12. The van der Waals surface area contributed by atoms with Gasteiger partial charge in [0.1, 0.15) is 23.1 Å². The monoisotopic (exact) mass is 448 g/mol. The van der Waals surface area contributed by atoms with Gasteiger partial charge in [-0.3, -0.25) is 0 Å². The lowest BCUT2D eigenvalue weighted by Crippen LogP contribution is -2.44. The van der Waals surface area contributed by atoms with Crippen LogP contribution in [0.25, 0.3) is 11.2 Å². The fourth-order valence-electron chi connectivity index (χ4n) is 4.15. The molecule has 3 aromatic rings. The van der Waals surface area contributed by atoms with Crippen LogP contribution in [0, 0.1) is 5.92 Å². The lowest BCUT2D eigenvalue weighted by atomic mass is 9.94. The molecule has 0 bridgehead atoms. The summed E-state index contributed by atoms with van der Waals surface area (Å²) in [6, 6.07) is 3.15. The summed E-state index contributed by atoms with van der Waals surface area (Å²) in [4.78, 5) is 14.9. The van der Waals surface area contributed by atoms with Gasteiger partial charge in [-0.05, 0) is 31.9 Å². The van der Waals surface area contributed by atoms with Crippen LogP contribution >= 0.6 is 0 Å². The molecule has 170 valence electrons. The first-order valence-electron chi connectivity index (χ1n) is 10.6. The average Bonchev–Trinajstić information content (AvgIpc) is 3.14. The minimum absolute atomic E-state index is 0.0509. The van der Waals surface area contributed by atoms with E-state index in [1.807, 2.05) is 4.68 Å². The zero-order chi connectivity index (χ0) is 22.3. The van der Waals surface area contributed by atoms with Crippen LogP contribution in [-0.4, -0.2) is 57.1 Å². The van der Waals surface area contributed by atoms with Crippen molar-refractivity contribution in [2.45, 2.75) is 38.0 Å². The van der Waals surface area contributed by atoms with Crippen LogP contribution in [0.1, 0.15) is 31.5 Å². The van der Waals surface area contributed by atoms with Crippen molar-refractivity contribution in [2.75, 3.05) is 31.3 Å². The van der Waals surface area contributed by atoms with Crippen LogP contribution in [0.3, 0.4) is 0 Å². The van der Waals surface area contributed by atoms with Crippen molar-refractivity contribution in [1.82, 2.24) is 24.7 Å². The van der Waals surface area contributed by atoms with Gasteiger partial charge in [0.05, 0.1) is 32.2 Å². The lowest BCUT2D eigenvalue weighted by Gasteiger charge is -2.38. The second-order valence-corrected chi connectivity index (χ2v) is 8.32. The molecule has 0 saturated carbocycles. The molecule has 2 aliphatic rings. The van der Waals surface area contributed by atoms with E-state index in [9.17, 15) is 13.2 Å². The van der Waals surface area contributed by atoms with Gasteiger partial charge in [-0.1, -0.05) is 0 Å². The van der Waals surface area contributed by atoms with Crippen LogP contribution in [0.2, 0.25) is 0 Å². The zero-order valence-corrected chi connectivity index (χ0v) is 17.5. The van der Waals surface area contributed by atoms with E-state index in [-0.39, 0.29) is 30.4 Å². The Morgan fingerprint density at radius 2 is 2.03 bits per heavy atom. The van der Waals surface area contributed by atoms with Gasteiger partial charge in [0.2, 0.25) is 0 Å². The fraction of sp³-hybridized carbons (Fsp3) is 0.524. The molecule has 0 aliphatic carbocycles. The number of hydrogen-bond donors (Lipinski definition) is 0. The van der Waals surface area contributed by atoms with Gasteiger partial charge >= 0.3 is 6.18 Å². The maximum absolute atomic E-state index is 13.2. The van der Waals surface area contributed by atoms with E-state index < -0.39 is 11.9 Å². The van der Waals surface area contributed by atoms with Gasteiger partial charge in [-0.2, -0.15) is 18.3 Å². The number of halogens is 3. The molecule has 2 saturated heterocycles. The number of ether oxygens (including phenoxy) is 2. The number of fused-ring (bicyclic) bond motifs is 1. The molecule has 3 aromatic heterocycles. The summed E-state index contributed by atoms with van der Waals surface area (Å²) >= 11 is 0. The van der Waals surface area contributed by atoms with Crippen molar-refractivity contribution < 1.29 is 22.6 Å². The van der Waals surface area contributed by atoms with Crippen molar-refractivity contribution in [3.63, 3.8) is 0 Å². The number of alkyl halides is 3. The number of piperidine rings is 1. The second kappa shape index (κ2) is 8.19. The van der Waals surface area contributed by atoms with Gasteiger partial charge in [0.25, 0.3) is 0 Å². The van der Waals surface area contributed by atoms with Gasteiger partial charge in [0.15, 0.2) is 11.3 Å². The molecule has 0 radical (unpaired) electrons. The van der Waals surface area contributed by atoms with E-state index in [0.29, 0.717) is 25.4 Å². The molecule has 8 nitrogen and oxygen atoms in total. The Kier molecular flexibility index (Phi) is 5.36. The highest BCUT2D eigenvalue weighted by molar-refractivity contribution is 5.71. The Hall–Kier alpha value is -2.95. The summed E-state index contributed by atoms with van der Waals surface area (Å²) in [7, 11) is 0. The van der Waals surface area contributed by atoms with Crippen molar-refractivity contribution in [3.8, 4) is 5.75 Å². The first-order valence-corrected chi connectivity index (χ1v) is 10.6. The minimum Gasteiger partial charge on any atom is -0.491 e. The van der Waals surface area contributed by atoms with E-state index in [1.54, 1.807) is 12.4 Å². The second-order valence-electron chi connectivity index (χ2n) is 8.32. The number of aromatic nitrogens is 5. The molecule has 2 unspecified atom stereocenters. The predicted octanol–water partition coefficient (Wildman–Crippen LogP) is 3.50. The summed E-state index contributed by atoms with van der Waals surface area (Å²) in [6.07, 6.45) is 1.73. The SMILES string of the molecule is CC1CCC(COc2cccnc2C(F)(F)F)CN1c1cnc2cnn(C3COC3)c2n1. The summed E-state index contributed by atoms with van der Waals surface area (Å²) in [5.74, 6) is 0.544.